The first-order valence-electron chi connectivity index (χ1n) is 9.57. The predicted molar refractivity (Wildman–Crippen MR) is 118 cm³/mol. The third-order valence-electron chi connectivity index (χ3n) is 3.97. The Kier molecular flexibility index (Phi) is 10.7. The van der Waals surface area contributed by atoms with Gasteiger partial charge in [0.05, 0.1) is 0 Å². The molecule has 0 unspecified atom stereocenters. The Hall–Kier alpha value is -1.81. The van der Waals surface area contributed by atoms with Crippen LogP contribution in [0.1, 0.15) is 52.5 Å². The van der Waals surface area contributed by atoms with E-state index in [1.54, 1.807) is 22.5 Å². The molecule has 4 heteroatoms. The number of unbranched alkanes of at least 4 members (excludes halogenated alkanes) is 1. The van der Waals surface area contributed by atoms with Crippen molar-refractivity contribution in [1.29, 1.82) is 0 Å². The Morgan fingerprint density at radius 1 is 1.31 bits per heavy atom. The van der Waals surface area contributed by atoms with E-state index in [0.717, 1.165) is 53.7 Å². The molecule has 3 nitrogen and oxygen atoms in total. The molecule has 0 saturated carbocycles. The van der Waals surface area contributed by atoms with E-state index in [0.29, 0.717) is 0 Å². The molecule has 0 fully saturated rings. The lowest BCUT2D eigenvalue weighted by Gasteiger charge is -2.14. The number of fused-ring (bicyclic) bond motifs is 1. The molecular weight excluding hydrogens is 340 g/mol. The molecule has 0 spiro atoms. The van der Waals surface area contributed by atoms with Gasteiger partial charge in [0.25, 0.3) is 5.56 Å². The van der Waals surface area contributed by atoms with E-state index in [2.05, 4.69) is 31.2 Å². The molecule has 0 amide bonds. The highest BCUT2D eigenvalue weighted by Gasteiger charge is 2.12. The number of hydrogen-bond donors (Lipinski definition) is 0. The maximum atomic E-state index is 13.0. The predicted octanol–water partition coefficient (Wildman–Crippen LogP) is 5.94. The van der Waals surface area contributed by atoms with Gasteiger partial charge in [-0.2, -0.15) is 11.8 Å². The smallest absolute Gasteiger partial charge is 0.259 e. The summed E-state index contributed by atoms with van der Waals surface area (Å²) in [5, 5.41) is 1.02. The van der Waals surface area contributed by atoms with E-state index in [1.807, 2.05) is 44.2 Å². The lowest BCUT2D eigenvalue weighted by atomic mass is 10.1. The fourth-order valence-electron chi connectivity index (χ4n) is 2.69. The van der Waals surface area contributed by atoms with Crippen molar-refractivity contribution in [1.82, 2.24) is 9.55 Å². The number of aromatic nitrogens is 2. The Morgan fingerprint density at radius 2 is 2.08 bits per heavy atom. The third-order valence-corrected chi connectivity index (χ3v) is 4.50. The lowest BCUT2D eigenvalue weighted by molar-refractivity contribution is 0.781. The average molecular weight is 373 g/mol. The zero-order valence-electron chi connectivity index (χ0n) is 16.8. The number of thioether (sulfide) groups is 1. The minimum atomic E-state index is 0.0704. The van der Waals surface area contributed by atoms with Crippen LogP contribution in [-0.4, -0.2) is 21.6 Å². The largest absolute Gasteiger partial charge is 0.269 e. The Morgan fingerprint density at radius 3 is 2.73 bits per heavy atom. The number of hydrogen-bond acceptors (Lipinski definition) is 3. The van der Waals surface area contributed by atoms with Crippen LogP contribution in [0.2, 0.25) is 0 Å². The van der Waals surface area contributed by atoms with Crippen LogP contribution >= 0.6 is 11.8 Å². The third kappa shape index (κ3) is 5.87. The van der Waals surface area contributed by atoms with Gasteiger partial charge in [-0.05, 0) is 49.8 Å². The molecule has 2 heterocycles. The Balaban J connectivity index is 0.00000163. The number of aryl methyl sites for hydroxylation is 1. The van der Waals surface area contributed by atoms with Gasteiger partial charge < -0.3 is 0 Å². The fraction of sp³-hybridized carbons (Fsp3) is 0.455. The molecule has 2 rings (SSSR count). The molecule has 0 aromatic carbocycles. The number of allylic oxidation sites excluding steroid dienone is 3. The quantitative estimate of drug-likeness (QED) is 0.538. The first-order valence-corrected chi connectivity index (χ1v) is 11.0. The molecule has 0 bridgehead atoms. The van der Waals surface area contributed by atoms with E-state index >= 15 is 0 Å². The monoisotopic (exact) mass is 372 g/mol. The maximum absolute atomic E-state index is 13.0. The van der Waals surface area contributed by atoms with Crippen LogP contribution in [0.15, 0.2) is 47.4 Å². The summed E-state index contributed by atoms with van der Waals surface area (Å²) in [6.07, 6.45) is 13.7. The van der Waals surface area contributed by atoms with Crippen molar-refractivity contribution in [3.05, 3.63) is 58.5 Å². The summed E-state index contributed by atoms with van der Waals surface area (Å²) in [5.74, 6) is 0.970. The highest BCUT2D eigenvalue weighted by molar-refractivity contribution is 7.98. The van der Waals surface area contributed by atoms with Gasteiger partial charge in [0, 0.05) is 28.6 Å². The first kappa shape index (κ1) is 22.2. The number of rotatable bonds is 8. The second-order valence-corrected chi connectivity index (χ2v) is 6.64. The highest BCUT2D eigenvalue weighted by Crippen LogP contribution is 2.18. The molecule has 0 aliphatic rings. The molecule has 2 aromatic heterocycles. The van der Waals surface area contributed by atoms with Gasteiger partial charge in [-0.3, -0.25) is 9.36 Å². The summed E-state index contributed by atoms with van der Waals surface area (Å²) in [6, 6.07) is 5.96. The summed E-state index contributed by atoms with van der Waals surface area (Å²) in [7, 11) is 0. The summed E-state index contributed by atoms with van der Waals surface area (Å²) in [6.45, 7) is 8.23. The van der Waals surface area contributed by atoms with Crippen molar-refractivity contribution < 1.29 is 0 Å². The van der Waals surface area contributed by atoms with E-state index in [-0.39, 0.29) is 5.56 Å². The second-order valence-electron chi connectivity index (χ2n) is 5.72. The SMILES string of the molecule is CC.CCCCc1cc2cccnc2n(/C(=C/C=C\CSC)CC)c1=O. The van der Waals surface area contributed by atoms with Crippen LogP contribution in [0.5, 0.6) is 0 Å². The minimum absolute atomic E-state index is 0.0704. The van der Waals surface area contributed by atoms with Crippen LogP contribution in [-0.2, 0) is 6.42 Å². The van der Waals surface area contributed by atoms with Gasteiger partial charge in [-0.1, -0.05) is 46.3 Å². The van der Waals surface area contributed by atoms with Crippen LogP contribution in [0, 0.1) is 0 Å². The molecule has 142 valence electrons. The van der Waals surface area contributed by atoms with Crippen molar-refractivity contribution in [3.63, 3.8) is 0 Å². The highest BCUT2D eigenvalue weighted by atomic mass is 32.2. The van der Waals surface area contributed by atoms with E-state index in [1.165, 1.54) is 0 Å². The average Bonchev–Trinajstić information content (AvgIpc) is 2.69. The summed E-state index contributed by atoms with van der Waals surface area (Å²) < 4.78 is 1.80. The molecule has 0 aliphatic carbocycles. The number of nitrogens with zero attached hydrogens (tertiary/aromatic N) is 2. The fourth-order valence-corrected chi connectivity index (χ4v) is 3.00. The first-order chi connectivity index (χ1) is 12.7. The molecule has 0 N–H and O–H groups in total. The zero-order chi connectivity index (χ0) is 19.4. The Labute approximate surface area is 162 Å². The zero-order valence-corrected chi connectivity index (χ0v) is 17.6. The molecular formula is C22H32N2OS. The Bertz CT molecular complexity index is 790. The van der Waals surface area contributed by atoms with E-state index in [9.17, 15) is 4.79 Å². The normalized spacial score (nSPS) is 11.7. The molecule has 2 aromatic rings. The number of pyridine rings is 2. The van der Waals surface area contributed by atoms with Gasteiger partial charge in [-0.25, -0.2) is 4.98 Å². The van der Waals surface area contributed by atoms with Crippen LogP contribution < -0.4 is 5.56 Å². The second kappa shape index (κ2) is 12.5. The van der Waals surface area contributed by atoms with Crippen LogP contribution in [0.25, 0.3) is 16.7 Å². The minimum Gasteiger partial charge on any atom is -0.269 e. The van der Waals surface area contributed by atoms with Crippen molar-refractivity contribution >= 4 is 28.5 Å². The topological polar surface area (TPSA) is 34.9 Å². The summed E-state index contributed by atoms with van der Waals surface area (Å²) >= 11 is 1.78. The molecule has 26 heavy (non-hydrogen) atoms. The van der Waals surface area contributed by atoms with Gasteiger partial charge >= 0.3 is 0 Å². The van der Waals surface area contributed by atoms with Gasteiger partial charge in [0.1, 0.15) is 5.65 Å². The van der Waals surface area contributed by atoms with Crippen LogP contribution in [0.3, 0.4) is 0 Å². The van der Waals surface area contributed by atoms with Crippen LogP contribution in [0.4, 0.5) is 0 Å². The molecule has 0 aliphatic heterocycles. The maximum Gasteiger partial charge on any atom is 0.259 e. The van der Waals surface area contributed by atoms with Gasteiger partial charge in [0.2, 0.25) is 0 Å². The van der Waals surface area contributed by atoms with Crippen molar-refractivity contribution in [2.24, 2.45) is 0 Å². The van der Waals surface area contributed by atoms with Crippen molar-refractivity contribution in [2.45, 2.75) is 53.4 Å². The van der Waals surface area contributed by atoms with Crippen molar-refractivity contribution in [2.75, 3.05) is 12.0 Å². The molecule has 0 atom stereocenters. The molecule has 0 saturated heterocycles. The van der Waals surface area contributed by atoms with E-state index in [4.69, 9.17) is 0 Å². The summed E-state index contributed by atoms with van der Waals surface area (Å²) in [5.41, 5.74) is 2.68. The standard InChI is InChI=1S/C20H26N2OS.C2H6/c1-4-6-10-17-15-16-11-9-13-21-19(16)22(20(17)23)18(5-2)12-7-8-14-24-3;1-2/h7-9,11-13,15H,4-6,10,14H2,1-3H3;1-2H3/b8-7-,18-12+;. The van der Waals surface area contributed by atoms with E-state index < -0.39 is 0 Å². The lowest BCUT2D eigenvalue weighted by Crippen LogP contribution is -2.24. The van der Waals surface area contributed by atoms with Crippen molar-refractivity contribution in [3.8, 4) is 0 Å². The van der Waals surface area contributed by atoms with Gasteiger partial charge in [0.15, 0.2) is 0 Å². The molecule has 0 radical (unpaired) electrons. The van der Waals surface area contributed by atoms with Gasteiger partial charge in [-0.15, -0.1) is 0 Å². The summed E-state index contributed by atoms with van der Waals surface area (Å²) in [4.78, 5) is 17.5.